The molecule has 0 spiro atoms. The molecule has 0 aromatic heterocycles. The highest BCUT2D eigenvalue weighted by atomic mass is 16.5. The van der Waals surface area contributed by atoms with Crippen molar-refractivity contribution < 1.29 is 14.6 Å². The zero-order chi connectivity index (χ0) is 17.7. The Bertz CT molecular complexity index is 622. The second-order valence-corrected chi connectivity index (χ2v) is 7.06. The van der Waals surface area contributed by atoms with Crippen molar-refractivity contribution in [2.24, 2.45) is 5.92 Å². The van der Waals surface area contributed by atoms with Gasteiger partial charge in [-0.25, -0.2) is 0 Å². The lowest BCUT2D eigenvalue weighted by Gasteiger charge is -2.36. The lowest BCUT2D eigenvalue weighted by Crippen LogP contribution is -2.42. The van der Waals surface area contributed by atoms with Crippen LogP contribution in [0.25, 0.3) is 5.57 Å². The van der Waals surface area contributed by atoms with Gasteiger partial charge >= 0.3 is 5.97 Å². The number of carbonyl (C=O) groups excluding carboxylic acids is 1. The van der Waals surface area contributed by atoms with Gasteiger partial charge in [0.15, 0.2) is 0 Å². The van der Waals surface area contributed by atoms with Gasteiger partial charge < -0.3 is 9.84 Å². The van der Waals surface area contributed by atoms with Crippen LogP contribution in [-0.2, 0) is 9.53 Å². The number of rotatable bonds is 6. The fourth-order valence-corrected chi connectivity index (χ4v) is 3.51. The lowest BCUT2D eigenvalue weighted by molar-refractivity contribution is -0.151. The van der Waals surface area contributed by atoms with Gasteiger partial charge in [-0.3, -0.25) is 4.79 Å². The summed E-state index contributed by atoms with van der Waals surface area (Å²) in [7, 11) is 0. The summed E-state index contributed by atoms with van der Waals surface area (Å²) < 4.78 is 5.52. The van der Waals surface area contributed by atoms with Crippen molar-refractivity contribution in [3.05, 3.63) is 53.6 Å². The van der Waals surface area contributed by atoms with Crippen LogP contribution in [0.4, 0.5) is 0 Å². The van der Waals surface area contributed by atoms with Gasteiger partial charge in [0, 0.05) is 13.3 Å². The van der Waals surface area contributed by atoms with Gasteiger partial charge in [0.2, 0.25) is 0 Å². The molecule has 0 fully saturated rings. The van der Waals surface area contributed by atoms with Crippen LogP contribution in [0.1, 0.15) is 52.5 Å². The molecule has 2 rings (SSSR count). The van der Waals surface area contributed by atoms with Crippen LogP contribution < -0.4 is 0 Å². The number of aliphatic hydroxyl groups is 1. The van der Waals surface area contributed by atoms with Crippen molar-refractivity contribution in [2.75, 3.05) is 0 Å². The number of hydrogen-bond donors (Lipinski definition) is 1. The summed E-state index contributed by atoms with van der Waals surface area (Å²) in [6, 6.07) is 10.0. The second-order valence-electron chi connectivity index (χ2n) is 7.06. The molecule has 3 heteroatoms. The topological polar surface area (TPSA) is 46.5 Å². The Labute approximate surface area is 145 Å². The molecule has 3 atom stereocenters. The maximum absolute atomic E-state index is 11.5. The molecular weight excluding hydrogens is 300 g/mol. The summed E-state index contributed by atoms with van der Waals surface area (Å²) in [6.07, 6.45) is 6.01. The minimum atomic E-state index is -0.940. The number of benzene rings is 1. The molecule has 130 valence electrons. The van der Waals surface area contributed by atoms with E-state index in [1.54, 1.807) is 0 Å². The average molecular weight is 328 g/mol. The zero-order valence-electron chi connectivity index (χ0n) is 15.1. The summed E-state index contributed by atoms with van der Waals surface area (Å²) in [4.78, 5) is 11.5. The summed E-state index contributed by atoms with van der Waals surface area (Å²) >= 11 is 0. The first-order chi connectivity index (χ1) is 11.3. The maximum atomic E-state index is 11.5. The number of hydrogen-bond acceptors (Lipinski definition) is 3. The van der Waals surface area contributed by atoms with Crippen molar-refractivity contribution >= 4 is 11.5 Å². The van der Waals surface area contributed by atoms with E-state index in [0.29, 0.717) is 12.8 Å². The maximum Gasteiger partial charge on any atom is 0.302 e. The quantitative estimate of drug-likeness (QED) is 0.617. The van der Waals surface area contributed by atoms with Gasteiger partial charge in [-0.15, -0.1) is 0 Å². The van der Waals surface area contributed by atoms with Gasteiger partial charge in [-0.1, -0.05) is 48.1 Å². The van der Waals surface area contributed by atoms with E-state index in [9.17, 15) is 9.90 Å². The van der Waals surface area contributed by atoms with Crippen LogP contribution in [0.15, 0.2) is 48.1 Å². The highest BCUT2D eigenvalue weighted by Crippen LogP contribution is 2.44. The first-order valence-electron chi connectivity index (χ1n) is 8.59. The third-order valence-electron chi connectivity index (χ3n) is 4.57. The molecule has 1 aromatic carbocycles. The van der Waals surface area contributed by atoms with Gasteiger partial charge in [-0.05, 0) is 44.7 Å². The first-order valence-corrected chi connectivity index (χ1v) is 8.59. The molecule has 0 bridgehead atoms. The molecule has 1 aromatic rings. The highest BCUT2D eigenvalue weighted by Gasteiger charge is 2.44. The predicted octanol–water partition coefficient (Wildman–Crippen LogP) is 4.52. The lowest BCUT2D eigenvalue weighted by atomic mass is 9.77. The highest BCUT2D eigenvalue weighted by molar-refractivity contribution is 5.73. The van der Waals surface area contributed by atoms with Gasteiger partial charge in [0.05, 0.1) is 11.5 Å². The minimum absolute atomic E-state index is 0.214. The van der Waals surface area contributed by atoms with E-state index < -0.39 is 5.60 Å². The number of ether oxygens (including phenoxy) is 1. The Morgan fingerprint density at radius 3 is 2.54 bits per heavy atom. The van der Waals surface area contributed by atoms with Crippen LogP contribution >= 0.6 is 0 Å². The van der Waals surface area contributed by atoms with E-state index in [1.807, 2.05) is 37.3 Å². The Kier molecular flexibility index (Phi) is 6.00. The van der Waals surface area contributed by atoms with Crippen molar-refractivity contribution in [1.82, 2.24) is 0 Å². The molecule has 1 aliphatic rings. The molecule has 0 amide bonds. The molecule has 3 nitrogen and oxygen atoms in total. The molecule has 24 heavy (non-hydrogen) atoms. The van der Waals surface area contributed by atoms with E-state index in [2.05, 4.69) is 26.0 Å². The van der Waals surface area contributed by atoms with Crippen molar-refractivity contribution in [3.8, 4) is 0 Å². The molecule has 0 aliphatic heterocycles. The standard InChI is InChI=1S/C21H28O3/c1-15(2)9-8-14-21(4,23)20-18(17-10-6-5-7-11-17)12-13-19(20)24-16(3)22/h5-7,9-12,19-20,23H,8,13-14H2,1-4H3/t19-,20-,21+/m1/s1. The molecule has 0 unspecified atom stereocenters. The Morgan fingerprint density at radius 1 is 1.29 bits per heavy atom. The molecular formula is C21H28O3. The third kappa shape index (κ3) is 4.57. The molecule has 0 heterocycles. The molecule has 1 aliphatic carbocycles. The first kappa shape index (κ1) is 18.5. The van der Waals surface area contributed by atoms with E-state index >= 15 is 0 Å². The second kappa shape index (κ2) is 7.80. The van der Waals surface area contributed by atoms with Crippen molar-refractivity contribution in [1.29, 1.82) is 0 Å². The fourth-order valence-electron chi connectivity index (χ4n) is 3.51. The van der Waals surface area contributed by atoms with Crippen LogP contribution in [0.3, 0.4) is 0 Å². The van der Waals surface area contributed by atoms with E-state index in [1.165, 1.54) is 12.5 Å². The fraction of sp³-hybridized carbons (Fsp3) is 0.476. The number of esters is 1. The van der Waals surface area contributed by atoms with E-state index in [4.69, 9.17) is 4.74 Å². The molecule has 1 N–H and O–H groups in total. The molecule has 0 radical (unpaired) electrons. The largest absolute Gasteiger partial charge is 0.461 e. The number of carbonyl (C=O) groups is 1. The van der Waals surface area contributed by atoms with E-state index in [-0.39, 0.29) is 18.0 Å². The SMILES string of the molecule is CC(=O)O[C@@H]1CC=C(c2ccccc2)[C@H]1[C@@](C)(O)CCC=C(C)C. The minimum Gasteiger partial charge on any atom is -0.461 e. The summed E-state index contributed by atoms with van der Waals surface area (Å²) in [5, 5.41) is 11.2. The van der Waals surface area contributed by atoms with E-state index in [0.717, 1.165) is 17.6 Å². The van der Waals surface area contributed by atoms with Crippen LogP contribution in [0.2, 0.25) is 0 Å². The average Bonchev–Trinajstić information content (AvgIpc) is 2.91. The third-order valence-corrected chi connectivity index (χ3v) is 4.57. The van der Waals surface area contributed by atoms with Crippen LogP contribution in [0.5, 0.6) is 0 Å². The zero-order valence-corrected chi connectivity index (χ0v) is 15.1. The van der Waals surface area contributed by atoms with Gasteiger partial charge in [0.1, 0.15) is 6.10 Å². The van der Waals surface area contributed by atoms with Crippen molar-refractivity contribution in [3.63, 3.8) is 0 Å². The Balaban J connectivity index is 2.28. The van der Waals surface area contributed by atoms with Crippen LogP contribution in [-0.4, -0.2) is 22.8 Å². The molecule has 0 saturated carbocycles. The smallest absolute Gasteiger partial charge is 0.302 e. The summed E-state index contributed by atoms with van der Waals surface area (Å²) in [5.74, 6) is -0.512. The normalized spacial score (nSPS) is 22.5. The number of allylic oxidation sites excluding steroid dienone is 2. The summed E-state index contributed by atoms with van der Waals surface area (Å²) in [6.45, 7) is 7.40. The van der Waals surface area contributed by atoms with Gasteiger partial charge in [-0.2, -0.15) is 0 Å². The summed E-state index contributed by atoms with van der Waals surface area (Å²) in [5.41, 5.74) is 2.46. The predicted molar refractivity (Wildman–Crippen MR) is 97.4 cm³/mol. The Hall–Kier alpha value is -1.87. The monoisotopic (exact) mass is 328 g/mol. The van der Waals surface area contributed by atoms with Crippen LogP contribution in [0, 0.1) is 5.92 Å². The van der Waals surface area contributed by atoms with Crippen molar-refractivity contribution in [2.45, 2.75) is 58.7 Å². The van der Waals surface area contributed by atoms with Gasteiger partial charge in [0.25, 0.3) is 0 Å². The molecule has 0 saturated heterocycles. The Morgan fingerprint density at radius 2 is 1.96 bits per heavy atom.